The number of hydrogen-bond donors (Lipinski definition) is 1. The molecule has 1 heterocycles. The number of anilines is 1. The number of nitrogens with zero attached hydrogens (tertiary/aromatic N) is 2. The Morgan fingerprint density at radius 2 is 1.90 bits per heavy atom. The summed E-state index contributed by atoms with van der Waals surface area (Å²) in [5, 5.41) is 3.42. The molecule has 1 aromatic carbocycles. The molecule has 3 nitrogen and oxygen atoms in total. The van der Waals surface area contributed by atoms with Crippen molar-refractivity contribution in [2.75, 3.05) is 18.0 Å². The standard InChI is InChI=1S/C17H22BrN3/c1-3-19-12-15-5-6-16(18)11-17(15)21(4-2)13-14-7-9-20-10-8-14/h5-11,19H,3-4,12-13H2,1-2H3. The Hall–Kier alpha value is -1.39. The Morgan fingerprint density at radius 3 is 2.57 bits per heavy atom. The van der Waals surface area contributed by atoms with E-state index in [1.54, 1.807) is 0 Å². The van der Waals surface area contributed by atoms with Gasteiger partial charge in [-0.1, -0.05) is 28.9 Å². The first-order valence-corrected chi connectivity index (χ1v) is 8.16. The Balaban J connectivity index is 2.25. The molecule has 0 fully saturated rings. The second-order valence-corrected chi connectivity index (χ2v) is 5.84. The highest BCUT2D eigenvalue weighted by Crippen LogP contribution is 2.26. The van der Waals surface area contributed by atoms with Crippen LogP contribution < -0.4 is 10.2 Å². The van der Waals surface area contributed by atoms with Crippen LogP contribution in [-0.2, 0) is 13.1 Å². The number of rotatable bonds is 7. The van der Waals surface area contributed by atoms with Crippen LogP contribution in [0.3, 0.4) is 0 Å². The first-order chi connectivity index (χ1) is 10.2. The molecule has 0 atom stereocenters. The zero-order valence-electron chi connectivity index (χ0n) is 12.6. The fourth-order valence-corrected chi connectivity index (χ4v) is 2.67. The highest BCUT2D eigenvalue weighted by Gasteiger charge is 2.11. The van der Waals surface area contributed by atoms with Gasteiger partial charge in [0.2, 0.25) is 0 Å². The summed E-state index contributed by atoms with van der Waals surface area (Å²) in [5.74, 6) is 0. The SMILES string of the molecule is CCNCc1ccc(Br)cc1N(CC)Cc1ccncc1. The molecule has 0 saturated heterocycles. The van der Waals surface area contributed by atoms with Crippen LogP contribution in [0.2, 0.25) is 0 Å². The number of pyridine rings is 1. The lowest BCUT2D eigenvalue weighted by atomic mass is 10.1. The Kier molecular flexibility index (Phi) is 6.21. The average Bonchev–Trinajstić information content (AvgIpc) is 2.52. The van der Waals surface area contributed by atoms with E-state index in [4.69, 9.17) is 0 Å². The summed E-state index contributed by atoms with van der Waals surface area (Å²) in [7, 11) is 0. The van der Waals surface area contributed by atoms with Gasteiger partial charge in [0.1, 0.15) is 0 Å². The van der Waals surface area contributed by atoms with Crippen molar-refractivity contribution in [2.24, 2.45) is 0 Å². The smallest absolute Gasteiger partial charge is 0.0430 e. The molecule has 2 aromatic rings. The molecule has 112 valence electrons. The highest BCUT2D eigenvalue weighted by atomic mass is 79.9. The number of halogens is 1. The van der Waals surface area contributed by atoms with Crippen molar-refractivity contribution in [2.45, 2.75) is 26.9 Å². The van der Waals surface area contributed by atoms with Crippen molar-refractivity contribution in [1.29, 1.82) is 0 Å². The van der Waals surface area contributed by atoms with Gasteiger partial charge in [0.15, 0.2) is 0 Å². The fraction of sp³-hybridized carbons (Fsp3) is 0.353. The van der Waals surface area contributed by atoms with Crippen LogP contribution >= 0.6 is 15.9 Å². The maximum atomic E-state index is 4.09. The molecular weight excluding hydrogens is 326 g/mol. The van der Waals surface area contributed by atoms with E-state index < -0.39 is 0 Å². The molecule has 0 bridgehead atoms. The third-order valence-corrected chi connectivity index (χ3v) is 3.95. The van der Waals surface area contributed by atoms with E-state index in [1.807, 2.05) is 12.4 Å². The monoisotopic (exact) mass is 347 g/mol. The minimum Gasteiger partial charge on any atom is -0.367 e. The van der Waals surface area contributed by atoms with Crippen molar-refractivity contribution in [1.82, 2.24) is 10.3 Å². The Bertz CT molecular complexity index is 557. The number of nitrogens with one attached hydrogen (secondary N) is 1. The van der Waals surface area contributed by atoms with E-state index in [2.05, 4.69) is 75.3 Å². The Morgan fingerprint density at radius 1 is 1.14 bits per heavy atom. The molecule has 0 saturated carbocycles. The third-order valence-electron chi connectivity index (χ3n) is 3.46. The summed E-state index contributed by atoms with van der Waals surface area (Å²) < 4.78 is 1.12. The lowest BCUT2D eigenvalue weighted by Gasteiger charge is -2.26. The second kappa shape index (κ2) is 8.15. The van der Waals surface area contributed by atoms with Gasteiger partial charge in [0.25, 0.3) is 0 Å². The first-order valence-electron chi connectivity index (χ1n) is 7.37. The molecular formula is C17H22BrN3. The molecule has 0 unspecified atom stereocenters. The van der Waals surface area contributed by atoms with E-state index in [-0.39, 0.29) is 0 Å². The maximum absolute atomic E-state index is 4.09. The largest absolute Gasteiger partial charge is 0.367 e. The van der Waals surface area contributed by atoms with E-state index in [0.29, 0.717) is 0 Å². The van der Waals surface area contributed by atoms with Gasteiger partial charge in [0.05, 0.1) is 0 Å². The van der Waals surface area contributed by atoms with E-state index in [9.17, 15) is 0 Å². The van der Waals surface area contributed by atoms with Gasteiger partial charge in [-0.15, -0.1) is 0 Å². The number of aromatic nitrogens is 1. The zero-order chi connectivity index (χ0) is 15.1. The van der Waals surface area contributed by atoms with Crippen LogP contribution in [0.25, 0.3) is 0 Å². The lowest BCUT2D eigenvalue weighted by Crippen LogP contribution is -2.24. The van der Waals surface area contributed by atoms with Crippen LogP contribution in [0.5, 0.6) is 0 Å². The number of benzene rings is 1. The molecule has 2 rings (SSSR count). The molecule has 21 heavy (non-hydrogen) atoms. The van der Waals surface area contributed by atoms with Crippen molar-refractivity contribution >= 4 is 21.6 Å². The zero-order valence-corrected chi connectivity index (χ0v) is 14.2. The van der Waals surface area contributed by atoms with Crippen LogP contribution in [0.1, 0.15) is 25.0 Å². The predicted molar refractivity (Wildman–Crippen MR) is 92.5 cm³/mol. The molecule has 0 aliphatic heterocycles. The van der Waals surface area contributed by atoms with Gasteiger partial charge in [-0.05, 0) is 48.9 Å². The molecule has 0 aliphatic carbocycles. The average molecular weight is 348 g/mol. The molecule has 0 amide bonds. The van der Waals surface area contributed by atoms with Gasteiger partial charge >= 0.3 is 0 Å². The van der Waals surface area contributed by atoms with Crippen LogP contribution in [0.15, 0.2) is 47.2 Å². The van der Waals surface area contributed by atoms with Crippen LogP contribution in [-0.4, -0.2) is 18.1 Å². The summed E-state index contributed by atoms with van der Waals surface area (Å²) in [6.07, 6.45) is 3.70. The first kappa shape index (κ1) is 16.0. The predicted octanol–water partition coefficient (Wildman–Crippen LogP) is 3.98. The second-order valence-electron chi connectivity index (χ2n) is 4.92. The number of hydrogen-bond acceptors (Lipinski definition) is 3. The summed E-state index contributed by atoms with van der Waals surface area (Å²) in [6.45, 7) is 8.07. The minimum absolute atomic E-state index is 0.895. The normalized spacial score (nSPS) is 10.6. The van der Waals surface area contributed by atoms with Crippen molar-refractivity contribution in [3.63, 3.8) is 0 Å². The third kappa shape index (κ3) is 4.55. The quantitative estimate of drug-likeness (QED) is 0.820. The van der Waals surface area contributed by atoms with E-state index >= 15 is 0 Å². The van der Waals surface area contributed by atoms with Gasteiger partial charge < -0.3 is 10.2 Å². The molecule has 1 aromatic heterocycles. The van der Waals surface area contributed by atoms with Crippen molar-refractivity contribution < 1.29 is 0 Å². The Labute approximate surface area is 135 Å². The minimum atomic E-state index is 0.895. The maximum Gasteiger partial charge on any atom is 0.0430 e. The molecule has 4 heteroatoms. The van der Waals surface area contributed by atoms with Crippen LogP contribution in [0, 0.1) is 0 Å². The molecule has 1 N–H and O–H groups in total. The van der Waals surface area contributed by atoms with Gasteiger partial charge in [-0.2, -0.15) is 0 Å². The van der Waals surface area contributed by atoms with Gasteiger partial charge in [-0.25, -0.2) is 0 Å². The van der Waals surface area contributed by atoms with Gasteiger partial charge in [-0.3, -0.25) is 4.98 Å². The fourth-order valence-electron chi connectivity index (χ4n) is 2.32. The topological polar surface area (TPSA) is 28.2 Å². The van der Waals surface area contributed by atoms with E-state index in [1.165, 1.54) is 16.8 Å². The summed E-state index contributed by atoms with van der Waals surface area (Å²) >= 11 is 3.59. The van der Waals surface area contributed by atoms with Crippen molar-refractivity contribution in [3.05, 3.63) is 58.3 Å². The summed E-state index contributed by atoms with van der Waals surface area (Å²) in [4.78, 5) is 6.48. The summed E-state index contributed by atoms with van der Waals surface area (Å²) in [6, 6.07) is 10.7. The molecule has 0 radical (unpaired) electrons. The molecule has 0 spiro atoms. The van der Waals surface area contributed by atoms with E-state index in [0.717, 1.165) is 30.7 Å². The highest BCUT2D eigenvalue weighted by molar-refractivity contribution is 9.10. The molecule has 0 aliphatic rings. The van der Waals surface area contributed by atoms with Crippen molar-refractivity contribution in [3.8, 4) is 0 Å². The summed E-state index contributed by atoms with van der Waals surface area (Å²) in [5.41, 5.74) is 3.89. The van der Waals surface area contributed by atoms with Crippen LogP contribution in [0.4, 0.5) is 5.69 Å². The van der Waals surface area contributed by atoms with Gasteiger partial charge in [0, 0.05) is 42.2 Å². The lowest BCUT2D eigenvalue weighted by molar-refractivity contribution is 0.718.